The Morgan fingerprint density at radius 1 is 1.00 bits per heavy atom. The molecule has 1 heterocycles. The smallest absolute Gasteiger partial charge is 0.375 e. The maximum absolute atomic E-state index is 11.5. The average Bonchev–Trinajstić information content (AvgIpc) is 2.77. The van der Waals surface area contributed by atoms with Crippen molar-refractivity contribution in [1.29, 1.82) is 0 Å². The number of carboxylic acids is 1. The predicted octanol–water partition coefficient (Wildman–Crippen LogP) is 4.22. The van der Waals surface area contributed by atoms with Gasteiger partial charge in [0.05, 0.1) is 12.2 Å². The van der Waals surface area contributed by atoms with E-state index in [4.69, 9.17) is 13.9 Å². The van der Waals surface area contributed by atoms with Gasteiger partial charge in [0.15, 0.2) is 5.76 Å². The van der Waals surface area contributed by atoms with Gasteiger partial charge in [0, 0.05) is 5.56 Å². The van der Waals surface area contributed by atoms with Crippen molar-refractivity contribution in [3.63, 3.8) is 0 Å². The number of benzene rings is 1. The van der Waals surface area contributed by atoms with Gasteiger partial charge in [-0.2, -0.15) is 0 Å². The zero-order chi connectivity index (χ0) is 16.3. The lowest BCUT2D eigenvalue weighted by Gasteiger charge is -2.14. The molecule has 1 N–H and O–H groups in total. The Labute approximate surface area is 129 Å². The van der Waals surface area contributed by atoms with Crippen molar-refractivity contribution in [2.75, 3.05) is 0 Å². The Kier molecular flexibility index (Phi) is 4.75. The van der Waals surface area contributed by atoms with Gasteiger partial charge in [-0.1, -0.05) is 30.3 Å². The first-order valence-electron chi connectivity index (χ1n) is 7.19. The summed E-state index contributed by atoms with van der Waals surface area (Å²) in [4.78, 5) is 11.5. The second-order valence-electron chi connectivity index (χ2n) is 5.42. The third-order valence-corrected chi connectivity index (χ3v) is 2.76. The Morgan fingerprint density at radius 2 is 1.55 bits per heavy atom. The maximum atomic E-state index is 11.5. The molecule has 0 saturated heterocycles. The normalized spacial score (nSPS) is 11.0. The molecule has 2 aromatic rings. The van der Waals surface area contributed by atoms with Crippen LogP contribution >= 0.6 is 0 Å². The molecule has 0 unspecified atom stereocenters. The molecule has 0 radical (unpaired) electrons. The van der Waals surface area contributed by atoms with E-state index in [-0.39, 0.29) is 23.7 Å². The number of aromatic carboxylic acids is 1. The summed E-state index contributed by atoms with van der Waals surface area (Å²) in [6.07, 6.45) is -0.343. The lowest BCUT2D eigenvalue weighted by molar-refractivity contribution is 0.0654. The molecule has 0 atom stereocenters. The zero-order valence-electron chi connectivity index (χ0n) is 13.1. The first kappa shape index (κ1) is 15.9. The molecule has 0 aliphatic heterocycles. The Balaban J connectivity index is 2.63. The summed E-state index contributed by atoms with van der Waals surface area (Å²) in [5.41, 5.74) is 0.735. The van der Waals surface area contributed by atoms with Crippen molar-refractivity contribution in [3.05, 3.63) is 36.1 Å². The SMILES string of the molecule is CC(C)Oc1c(C(=O)O)oc(-c2ccccc2)c1OC(C)C. The summed E-state index contributed by atoms with van der Waals surface area (Å²) in [6.45, 7) is 7.36. The van der Waals surface area contributed by atoms with Crippen LogP contribution in [0.15, 0.2) is 34.7 Å². The molecule has 0 bridgehead atoms. The van der Waals surface area contributed by atoms with Crippen LogP contribution in [0.3, 0.4) is 0 Å². The van der Waals surface area contributed by atoms with Crippen molar-refractivity contribution < 1.29 is 23.8 Å². The lowest BCUT2D eigenvalue weighted by Crippen LogP contribution is -2.11. The van der Waals surface area contributed by atoms with E-state index in [0.717, 1.165) is 5.56 Å². The van der Waals surface area contributed by atoms with E-state index < -0.39 is 5.97 Å². The summed E-state index contributed by atoms with van der Waals surface area (Å²) in [5, 5.41) is 9.37. The van der Waals surface area contributed by atoms with E-state index in [1.54, 1.807) is 0 Å². The third kappa shape index (κ3) is 3.42. The number of rotatable bonds is 6. The topological polar surface area (TPSA) is 68.9 Å². The Hall–Kier alpha value is -2.43. The van der Waals surface area contributed by atoms with Crippen LogP contribution in [0.2, 0.25) is 0 Å². The summed E-state index contributed by atoms with van der Waals surface area (Å²) in [5.74, 6) is -0.612. The molecule has 0 aliphatic rings. The van der Waals surface area contributed by atoms with Crippen LogP contribution in [-0.2, 0) is 0 Å². The quantitative estimate of drug-likeness (QED) is 0.865. The molecule has 1 aromatic heterocycles. The number of furan rings is 1. The average molecular weight is 304 g/mol. The highest BCUT2D eigenvalue weighted by molar-refractivity contribution is 5.91. The summed E-state index contributed by atoms with van der Waals surface area (Å²) >= 11 is 0. The highest BCUT2D eigenvalue weighted by atomic mass is 16.6. The van der Waals surface area contributed by atoms with Crippen LogP contribution < -0.4 is 9.47 Å². The van der Waals surface area contributed by atoms with E-state index in [1.807, 2.05) is 58.0 Å². The van der Waals surface area contributed by atoms with Gasteiger partial charge in [0.2, 0.25) is 11.5 Å². The zero-order valence-corrected chi connectivity index (χ0v) is 13.1. The van der Waals surface area contributed by atoms with Crippen LogP contribution in [0.5, 0.6) is 11.5 Å². The van der Waals surface area contributed by atoms with Crippen LogP contribution in [0.1, 0.15) is 38.2 Å². The molecule has 118 valence electrons. The molecule has 0 fully saturated rings. The fourth-order valence-electron chi connectivity index (χ4n) is 2.01. The minimum atomic E-state index is -1.19. The summed E-state index contributed by atoms with van der Waals surface area (Å²) in [6, 6.07) is 9.23. The van der Waals surface area contributed by atoms with Gasteiger partial charge in [-0.15, -0.1) is 0 Å². The van der Waals surface area contributed by atoms with Crippen LogP contribution in [0.25, 0.3) is 11.3 Å². The second kappa shape index (κ2) is 6.56. The standard InChI is InChI=1S/C17H20O5/c1-10(2)20-14-13(12-8-6-5-7-9-12)22-16(17(18)19)15(14)21-11(3)4/h5-11H,1-4H3,(H,18,19). The van der Waals surface area contributed by atoms with E-state index in [2.05, 4.69) is 0 Å². The minimum absolute atomic E-state index is 0.134. The van der Waals surface area contributed by atoms with E-state index in [1.165, 1.54) is 0 Å². The second-order valence-corrected chi connectivity index (χ2v) is 5.42. The number of hydrogen-bond donors (Lipinski definition) is 1. The highest BCUT2D eigenvalue weighted by Crippen LogP contribution is 2.44. The van der Waals surface area contributed by atoms with Crippen molar-refractivity contribution >= 4 is 5.97 Å². The summed E-state index contributed by atoms with van der Waals surface area (Å²) < 4.78 is 17.0. The van der Waals surface area contributed by atoms with Gasteiger partial charge in [0.25, 0.3) is 5.76 Å². The van der Waals surface area contributed by atoms with E-state index in [9.17, 15) is 9.90 Å². The first-order chi connectivity index (χ1) is 10.4. The molecule has 2 rings (SSSR count). The number of carbonyl (C=O) groups is 1. The van der Waals surface area contributed by atoms with Crippen molar-refractivity contribution in [3.8, 4) is 22.8 Å². The predicted molar refractivity (Wildman–Crippen MR) is 82.6 cm³/mol. The van der Waals surface area contributed by atoms with Crippen molar-refractivity contribution in [1.82, 2.24) is 0 Å². The maximum Gasteiger partial charge on any atom is 0.375 e. The van der Waals surface area contributed by atoms with E-state index in [0.29, 0.717) is 11.5 Å². The van der Waals surface area contributed by atoms with Crippen LogP contribution in [-0.4, -0.2) is 23.3 Å². The Bertz CT molecular complexity index is 641. The fourth-order valence-corrected chi connectivity index (χ4v) is 2.01. The van der Waals surface area contributed by atoms with Crippen LogP contribution in [0.4, 0.5) is 0 Å². The van der Waals surface area contributed by atoms with Gasteiger partial charge < -0.3 is 19.0 Å². The first-order valence-corrected chi connectivity index (χ1v) is 7.19. The third-order valence-electron chi connectivity index (χ3n) is 2.76. The van der Waals surface area contributed by atoms with Crippen molar-refractivity contribution in [2.24, 2.45) is 0 Å². The molecular formula is C17H20O5. The molecule has 0 amide bonds. The van der Waals surface area contributed by atoms with Gasteiger partial charge in [0.1, 0.15) is 0 Å². The minimum Gasteiger partial charge on any atom is -0.484 e. The number of ether oxygens (including phenoxy) is 2. The molecule has 5 heteroatoms. The van der Waals surface area contributed by atoms with Gasteiger partial charge in [-0.3, -0.25) is 0 Å². The molecule has 1 aromatic carbocycles. The molecular weight excluding hydrogens is 284 g/mol. The van der Waals surface area contributed by atoms with Gasteiger partial charge >= 0.3 is 5.97 Å². The monoisotopic (exact) mass is 304 g/mol. The largest absolute Gasteiger partial charge is 0.484 e. The lowest BCUT2D eigenvalue weighted by atomic mass is 10.1. The molecule has 0 spiro atoms. The summed E-state index contributed by atoms with van der Waals surface area (Å²) in [7, 11) is 0. The number of hydrogen-bond acceptors (Lipinski definition) is 4. The molecule has 22 heavy (non-hydrogen) atoms. The van der Waals surface area contributed by atoms with Crippen LogP contribution in [0, 0.1) is 0 Å². The van der Waals surface area contributed by atoms with E-state index >= 15 is 0 Å². The van der Waals surface area contributed by atoms with Gasteiger partial charge in [-0.05, 0) is 27.7 Å². The highest BCUT2D eigenvalue weighted by Gasteiger charge is 2.29. The fraction of sp³-hybridized carbons (Fsp3) is 0.353. The van der Waals surface area contributed by atoms with Gasteiger partial charge in [-0.25, -0.2) is 4.79 Å². The number of carboxylic acid groups (broad SMARTS) is 1. The Morgan fingerprint density at radius 3 is 2.05 bits per heavy atom. The van der Waals surface area contributed by atoms with Crippen molar-refractivity contribution in [2.45, 2.75) is 39.9 Å². The molecule has 0 aliphatic carbocycles. The molecule has 0 saturated carbocycles. The molecule has 5 nitrogen and oxygen atoms in total.